The minimum absolute atomic E-state index is 0.292. The van der Waals surface area contributed by atoms with E-state index >= 15 is 0 Å². The van der Waals surface area contributed by atoms with Crippen LogP contribution >= 0.6 is 0 Å². The molecule has 2 atom stereocenters. The lowest BCUT2D eigenvalue weighted by Gasteiger charge is -2.36. The Morgan fingerprint density at radius 2 is 2.31 bits per heavy atom. The molecule has 0 spiro atoms. The van der Waals surface area contributed by atoms with E-state index in [4.69, 9.17) is 5.26 Å². The molecule has 1 aliphatic carbocycles. The Labute approximate surface area is 80.6 Å². The normalized spacial score (nSPS) is 29.2. The van der Waals surface area contributed by atoms with Gasteiger partial charge in [-0.15, -0.1) is 0 Å². The van der Waals surface area contributed by atoms with E-state index in [-0.39, 0.29) is 0 Å². The van der Waals surface area contributed by atoms with Crippen molar-refractivity contribution in [2.24, 2.45) is 11.3 Å². The van der Waals surface area contributed by atoms with Crippen molar-refractivity contribution in [1.82, 2.24) is 0 Å². The molecule has 0 aromatic heterocycles. The third-order valence-corrected chi connectivity index (χ3v) is 3.09. The molecule has 0 saturated heterocycles. The van der Waals surface area contributed by atoms with Crippen LogP contribution in [0.1, 0.15) is 46.0 Å². The number of nitriles is 1. The second-order valence-electron chi connectivity index (χ2n) is 4.95. The quantitative estimate of drug-likeness (QED) is 0.711. The summed E-state index contributed by atoms with van der Waals surface area (Å²) in [5.41, 5.74) is 0.360. The lowest BCUT2D eigenvalue weighted by Crippen LogP contribution is -2.30. The fourth-order valence-electron chi connectivity index (χ4n) is 2.35. The second kappa shape index (κ2) is 4.11. The van der Waals surface area contributed by atoms with E-state index in [0.717, 1.165) is 12.8 Å². The van der Waals surface area contributed by atoms with Gasteiger partial charge in [-0.3, -0.25) is 0 Å². The van der Waals surface area contributed by atoms with E-state index in [1.54, 1.807) is 0 Å². The number of aliphatic hydroxyl groups is 1. The van der Waals surface area contributed by atoms with Gasteiger partial charge in [0.15, 0.2) is 0 Å². The summed E-state index contributed by atoms with van der Waals surface area (Å²) in [4.78, 5) is 0. The van der Waals surface area contributed by atoms with Crippen molar-refractivity contribution in [2.45, 2.75) is 52.1 Å². The average molecular weight is 181 g/mol. The molecule has 1 N–H and O–H groups in total. The summed E-state index contributed by atoms with van der Waals surface area (Å²) in [6.45, 7) is 4.50. The third kappa shape index (κ3) is 3.00. The van der Waals surface area contributed by atoms with E-state index in [0.29, 0.717) is 17.8 Å². The van der Waals surface area contributed by atoms with Crippen molar-refractivity contribution in [3.63, 3.8) is 0 Å². The Bertz CT molecular complexity index is 205. The van der Waals surface area contributed by atoms with Gasteiger partial charge in [-0.25, -0.2) is 0 Å². The van der Waals surface area contributed by atoms with Crippen LogP contribution in [0, 0.1) is 22.7 Å². The van der Waals surface area contributed by atoms with Crippen molar-refractivity contribution in [3.05, 3.63) is 0 Å². The van der Waals surface area contributed by atoms with Crippen molar-refractivity contribution in [2.75, 3.05) is 0 Å². The Balaban J connectivity index is 2.47. The Morgan fingerprint density at radius 1 is 1.62 bits per heavy atom. The van der Waals surface area contributed by atoms with Crippen LogP contribution in [-0.4, -0.2) is 11.2 Å². The molecule has 0 aliphatic heterocycles. The van der Waals surface area contributed by atoms with Gasteiger partial charge in [0.1, 0.15) is 0 Å². The second-order valence-corrected chi connectivity index (χ2v) is 4.95. The molecule has 2 nitrogen and oxygen atoms in total. The van der Waals surface area contributed by atoms with E-state index < -0.39 is 6.10 Å². The Morgan fingerprint density at radius 3 is 2.85 bits per heavy atom. The standard InChI is InChI=1S/C11H19NO/c1-11(2)6-3-4-9(8-11)10(13)5-7-12/h9-10,13H,3-6,8H2,1-2H3. The molecule has 1 fully saturated rings. The van der Waals surface area contributed by atoms with Gasteiger partial charge < -0.3 is 5.11 Å². The monoisotopic (exact) mass is 181 g/mol. The highest BCUT2D eigenvalue weighted by atomic mass is 16.3. The van der Waals surface area contributed by atoms with Crippen LogP contribution in [-0.2, 0) is 0 Å². The van der Waals surface area contributed by atoms with Crippen molar-refractivity contribution >= 4 is 0 Å². The first kappa shape index (κ1) is 10.5. The third-order valence-electron chi connectivity index (χ3n) is 3.09. The van der Waals surface area contributed by atoms with Crippen molar-refractivity contribution in [1.29, 1.82) is 5.26 Å². The lowest BCUT2D eigenvalue weighted by molar-refractivity contribution is 0.0498. The molecule has 13 heavy (non-hydrogen) atoms. The van der Waals surface area contributed by atoms with Gasteiger partial charge in [0.25, 0.3) is 0 Å². The number of hydrogen-bond donors (Lipinski definition) is 1. The molecule has 0 aromatic carbocycles. The van der Waals surface area contributed by atoms with Crippen LogP contribution in [0.4, 0.5) is 0 Å². The summed E-state index contributed by atoms with van der Waals surface area (Å²) >= 11 is 0. The smallest absolute Gasteiger partial charge is 0.0698 e. The fraction of sp³-hybridized carbons (Fsp3) is 0.909. The summed E-state index contributed by atoms with van der Waals surface area (Å²) < 4.78 is 0. The summed E-state index contributed by atoms with van der Waals surface area (Å²) in [6, 6.07) is 2.04. The minimum Gasteiger partial charge on any atom is -0.392 e. The van der Waals surface area contributed by atoms with Crippen LogP contribution in [0.25, 0.3) is 0 Å². The summed E-state index contributed by atoms with van der Waals surface area (Å²) in [6.07, 6.45) is 4.50. The highest BCUT2D eigenvalue weighted by Gasteiger charge is 2.31. The minimum atomic E-state index is -0.399. The molecule has 1 aliphatic rings. The summed E-state index contributed by atoms with van der Waals surface area (Å²) in [5, 5.41) is 18.2. The molecule has 1 rings (SSSR count). The lowest BCUT2D eigenvalue weighted by atomic mass is 9.70. The number of rotatable bonds is 2. The van der Waals surface area contributed by atoms with Crippen LogP contribution in [0.5, 0.6) is 0 Å². The topological polar surface area (TPSA) is 44.0 Å². The van der Waals surface area contributed by atoms with Gasteiger partial charge in [0.05, 0.1) is 18.6 Å². The van der Waals surface area contributed by atoms with Gasteiger partial charge in [-0.05, 0) is 30.6 Å². The molecule has 0 heterocycles. The van der Waals surface area contributed by atoms with E-state index in [1.165, 1.54) is 12.8 Å². The molecular weight excluding hydrogens is 162 g/mol. The van der Waals surface area contributed by atoms with Gasteiger partial charge in [-0.2, -0.15) is 5.26 Å². The SMILES string of the molecule is CC1(C)CCCC(C(O)CC#N)C1. The Hall–Kier alpha value is -0.550. The summed E-state index contributed by atoms with van der Waals surface area (Å²) in [5.74, 6) is 0.350. The van der Waals surface area contributed by atoms with Crippen LogP contribution < -0.4 is 0 Å². The van der Waals surface area contributed by atoms with E-state index in [9.17, 15) is 5.11 Å². The highest BCUT2D eigenvalue weighted by molar-refractivity contribution is 4.86. The molecule has 0 aromatic rings. The molecule has 0 radical (unpaired) electrons. The molecule has 74 valence electrons. The first-order valence-electron chi connectivity index (χ1n) is 5.10. The predicted octanol–water partition coefficient (Wildman–Crippen LogP) is 2.48. The van der Waals surface area contributed by atoms with E-state index in [1.807, 2.05) is 6.07 Å². The largest absolute Gasteiger partial charge is 0.392 e. The maximum Gasteiger partial charge on any atom is 0.0698 e. The van der Waals surface area contributed by atoms with Gasteiger partial charge >= 0.3 is 0 Å². The van der Waals surface area contributed by atoms with Crippen LogP contribution in [0.15, 0.2) is 0 Å². The number of hydrogen-bond acceptors (Lipinski definition) is 2. The van der Waals surface area contributed by atoms with Crippen molar-refractivity contribution in [3.8, 4) is 6.07 Å². The highest BCUT2D eigenvalue weighted by Crippen LogP contribution is 2.40. The van der Waals surface area contributed by atoms with Crippen LogP contribution in [0.3, 0.4) is 0 Å². The molecule has 0 amide bonds. The number of aliphatic hydroxyl groups excluding tert-OH is 1. The first-order valence-corrected chi connectivity index (χ1v) is 5.10. The Kier molecular flexibility index (Phi) is 3.33. The van der Waals surface area contributed by atoms with Gasteiger partial charge in [0, 0.05) is 0 Å². The zero-order chi connectivity index (χ0) is 9.90. The fourth-order valence-corrected chi connectivity index (χ4v) is 2.35. The maximum atomic E-state index is 9.68. The molecule has 2 unspecified atom stereocenters. The zero-order valence-corrected chi connectivity index (χ0v) is 8.58. The number of nitrogens with zero attached hydrogens (tertiary/aromatic N) is 1. The predicted molar refractivity (Wildman–Crippen MR) is 52.0 cm³/mol. The zero-order valence-electron chi connectivity index (χ0n) is 8.58. The molecule has 1 saturated carbocycles. The first-order chi connectivity index (χ1) is 6.05. The maximum absolute atomic E-state index is 9.68. The van der Waals surface area contributed by atoms with Crippen molar-refractivity contribution < 1.29 is 5.11 Å². The average Bonchev–Trinajstić information content (AvgIpc) is 2.03. The molecular formula is C11H19NO. The molecule has 2 heteroatoms. The van der Waals surface area contributed by atoms with Crippen LogP contribution in [0.2, 0.25) is 0 Å². The summed E-state index contributed by atoms with van der Waals surface area (Å²) in [7, 11) is 0. The van der Waals surface area contributed by atoms with Gasteiger partial charge in [0.2, 0.25) is 0 Å². The van der Waals surface area contributed by atoms with E-state index in [2.05, 4.69) is 13.8 Å². The molecule has 0 bridgehead atoms. The van der Waals surface area contributed by atoms with Gasteiger partial charge in [-0.1, -0.05) is 20.3 Å².